The Balaban J connectivity index is 1.40. The topological polar surface area (TPSA) is 93.7 Å². The van der Waals surface area contributed by atoms with Gasteiger partial charge in [0.15, 0.2) is 6.61 Å². The minimum Gasteiger partial charge on any atom is -0.492 e. The predicted molar refractivity (Wildman–Crippen MR) is 106 cm³/mol. The van der Waals surface area contributed by atoms with Crippen LogP contribution < -0.4 is 15.4 Å². The average molecular weight is 400 g/mol. The number of rotatable bonds is 7. The van der Waals surface area contributed by atoms with Crippen molar-refractivity contribution < 1.29 is 23.9 Å². The van der Waals surface area contributed by atoms with Gasteiger partial charge in [0, 0.05) is 4.90 Å². The fraction of sp³-hybridized carbons (Fsp3) is 0.250. The number of esters is 1. The first-order valence-corrected chi connectivity index (χ1v) is 9.70. The van der Waals surface area contributed by atoms with E-state index in [1.54, 1.807) is 18.2 Å². The maximum absolute atomic E-state index is 12.1. The molecule has 3 rings (SSSR count). The van der Waals surface area contributed by atoms with Gasteiger partial charge in [-0.15, -0.1) is 11.8 Å². The van der Waals surface area contributed by atoms with E-state index >= 15 is 0 Å². The summed E-state index contributed by atoms with van der Waals surface area (Å²) in [5.74, 6) is -0.0692. The van der Waals surface area contributed by atoms with Gasteiger partial charge in [-0.05, 0) is 42.8 Å². The monoisotopic (exact) mass is 400 g/mol. The number of nitrogens with one attached hydrogen (secondary N) is 2. The molecule has 2 aromatic carbocycles. The number of benzene rings is 2. The van der Waals surface area contributed by atoms with Crippen molar-refractivity contribution in [3.63, 3.8) is 0 Å². The molecule has 0 radical (unpaired) electrons. The SMILES string of the molecule is Cc1cccc(OCCNC(=O)COC(=O)c2ccc3c(c2)NC(=O)CS3)c1. The van der Waals surface area contributed by atoms with E-state index in [2.05, 4.69) is 10.6 Å². The number of ether oxygens (including phenoxy) is 2. The molecule has 2 N–H and O–H groups in total. The lowest BCUT2D eigenvalue weighted by molar-refractivity contribution is -0.124. The molecule has 8 heteroatoms. The maximum Gasteiger partial charge on any atom is 0.338 e. The molecule has 146 valence electrons. The molecule has 0 spiro atoms. The summed E-state index contributed by atoms with van der Waals surface area (Å²) in [6, 6.07) is 12.5. The van der Waals surface area contributed by atoms with Crippen LogP contribution in [0.5, 0.6) is 5.75 Å². The second kappa shape index (κ2) is 9.27. The van der Waals surface area contributed by atoms with Crippen molar-refractivity contribution in [2.24, 2.45) is 0 Å². The molecule has 1 heterocycles. The molecule has 7 nitrogen and oxygen atoms in total. The van der Waals surface area contributed by atoms with Crippen LogP contribution in [0.15, 0.2) is 47.4 Å². The van der Waals surface area contributed by atoms with E-state index in [0.29, 0.717) is 24.6 Å². The Morgan fingerprint density at radius 3 is 2.89 bits per heavy atom. The minimum atomic E-state index is -0.626. The van der Waals surface area contributed by atoms with Gasteiger partial charge in [-0.2, -0.15) is 0 Å². The first kappa shape index (κ1) is 19.8. The van der Waals surface area contributed by atoms with Crippen molar-refractivity contribution >= 4 is 35.2 Å². The third kappa shape index (κ3) is 5.50. The lowest BCUT2D eigenvalue weighted by atomic mass is 10.2. The number of carbonyl (C=O) groups is 3. The summed E-state index contributed by atoms with van der Waals surface area (Å²) in [7, 11) is 0. The number of hydrogen-bond donors (Lipinski definition) is 2. The molecule has 0 unspecified atom stereocenters. The first-order valence-electron chi connectivity index (χ1n) is 8.71. The number of thioether (sulfide) groups is 1. The highest BCUT2D eigenvalue weighted by molar-refractivity contribution is 8.00. The van der Waals surface area contributed by atoms with Crippen LogP contribution in [0.4, 0.5) is 5.69 Å². The van der Waals surface area contributed by atoms with E-state index in [4.69, 9.17) is 9.47 Å². The lowest BCUT2D eigenvalue weighted by Crippen LogP contribution is -2.32. The summed E-state index contributed by atoms with van der Waals surface area (Å²) in [4.78, 5) is 36.3. The Labute approximate surface area is 166 Å². The molecule has 0 atom stereocenters. The van der Waals surface area contributed by atoms with Gasteiger partial charge in [0.1, 0.15) is 12.4 Å². The second-order valence-corrected chi connectivity index (χ2v) is 7.16. The smallest absolute Gasteiger partial charge is 0.338 e. The molecule has 2 amide bonds. The van der Waals surface area contributed by atoms with Crippen molar-refractivity contribution in [3.8, 4) is 5.75 Å². The molecule has 1 aliphatic heterocycles. The zero-order chi connectivity index (χ0) is 19.9. The summed E-state index contributed by atoms with van der Waals surface area (Å²) in [6.07, 6.45) is 0. The number of hydrogen-bond acceptors (Lipinski definition) is 6. The second-order valence-electron chi connectivity index (χ2n) is 6.14. The van der Waals surface area contributed by atoms with Crippen molar-refractivity contribution in [1.29, 1.82) is 0 Å². The maximum atomic E-state index is 12.1. The minimum absolute atomic E-state index is 0.115. The number of amides is 2. The molecule has 28 heavy (non-hydrogen) atoms. The molecule has 0 aliphatic carbocycles. The van der Waals surface area contributed by atoms with E-state index in [1.807, 2.05) is 31.2 Å². The molecular weight excluding hydrogens is 380 g/mol. The number of fused-ring (bicyclic) bond motifs is 1. The Kier molecular flexibility index (Phi) is 6.54. The fourth-order valence-corrected chi connectivity index (χ4v) is 3.33. The summed E-state index contributed by atoms with van der Waals surface area (Å²) >= 11 is 1.41. The van der Waals surface area contributed by atoms with Gasteiger partial charge < -0.3 is 20.1 Å². The Morgan fingerprint density at radius 1 is 1.21 bits per heavy atom. The van der Waals surface area contributed by atoms with Crippen LogP contribution in [0.2, 0.25) is 0 Å². The molecule has 0 bridgehead atoms. The zero-order valence-corrected chi connectivity index (χ0v) is 16.1. The van der Waals surface area contributed by atoms with E-state index in [1.165, 1.54) is 11.8 Å². The van der Waals surface area contributed by atoms with Gasteiger partial charge in [0.25, 0.3) is 5.91 Å². The van der Waals surface area contributed by atoms with Gasteiger partial charge in [-0.1, -0.05) is 12.1 Å². The normalized spacial score (nSPS) is 12.5. The highest BCUT2D eigenvalue weighted by Gasteiger charge is 2.18. The van der Waals surface area contributed by atoms with Crippen molar-refractivity contribution in [2.75, 3.05) is 30.8 Å². The summed E-state index contributed by atoms with van der Waals surface area (Å²) < 4.78 is 10.6. The van der Waals surface area contributed by atoms with Crippen LogP contribution in [0.1, 0.15) is 15.9 Å². The molecule has 0 fully saturated rings. The van der Waals surface area contributed by atoms with E-state index in [9.17, 15) is 14.4 Å². The number of anilines is 1. The third-order valence-corrected chi connectivity index (χ3v) is 4.94. The van der Waals surface area contributed by atoms with Crippen LogP contribution in [0.25, 0.3) is 0 Å². The van der Waals surface area contributed by atoms with Crippen LogP contribution in [-0.2, 0) is 14.3 Å². The van der Waals surface area contributed by atoms with Gasteiger partial charge in [-0.25, -0.2) is 4.79 Å². The summed E-state index contributed by atoms with van der Waals surface area (Å²) in [5, 5.41) is 5.34. The van der Waals surface area contributed by atoms with Crippen LogP contribution in [0.3, 0.4) is 0 Å². The largest absolute Gasteiger partial charge is 0.492 e. The van der Waals surface area contributed by atoms with Gasteiger partial charge >= 0.3 is 5.97 Å². The summed E-state index contributed by atoms with van der Waals surface area (Å²) in [6.45, 7) is 2.19. The Bertz CT molecular complexity index is 900. The van der Waals surface area contributed by atoms with E-state index in [0.717, 1.165) is 16.2 Å². The molecule has 0 saturated carbocycles. The van der Waals surface area contributed by atoms with Crippen molar-refractivity contribution in [2.45, 2.75) is 11.8 Å². The van der Waals surface area contributed by atoms with E-state index < -0.39 is 11.9 Å². The van der Waals surface area contributed by atoms with Crippen LogP contribution in [-0.4, -0.2) is 43.3 Å². The zero-order valence-electron chi connectivity index (χ0n) is 15.3. The number of aryl methyl sites for hydroxylation is 1. The number of carbonyl (C=O) groups excluding carboxylic acids is 3. The fourth-order valence-electron chi connectivity index (χ4n) is 2.54. The van der Waals surface area contributed by atoms with E-state index in [-0.39, 0.29) is 18.1 Å². The molecule has 0 saturated heterocycles. The lowest BCUT2D eigenvalue weighted by Gasteiger charge is -2.16. The first-order chi connectivity index (χ1) is 13.5. The standard InChI is InChI=1S/C20H20N2O5S/c1-13-3-2-4-15(9-13)26-8-7-21-18(23)11-27-20(25)14-5-6-17-16(10-14)22-19(24)12-28-17/h2-6,9-10H,7-8,11-12H2,1H3,(H,21,23)(H,22,24). The Morgan fingerprint density at radius 2 is 2.07 bits per heavy atom. The van der Waals surface area contributed by atoms with Gasteiger partial charge in [0.05, 0.1) is 23.5 Å². The van der Waals surface area contributed by atoms with Gasteiger partial charge in [0.2, 0.25) is 5.91 Å². The highest BCUT2D eigenvalue weighted by atomic mass is 32.2. The molecule has 1 aliphatic rings. The van der Waals surface area contributed by atoms with Crippen LogP contribution in [0, 0.1) is 6.92 Å². The Hall–Kier alpha value is -3.00. The molecule has 0 aromatic heterocycles. The average Bonchev–Trinajstić information content (AvgIpc) is 2.69. The quantitative estimate of drug-likeness (QED) is 0.548. The molecule has 2 aromatic rings. The third-order valence-electron chi connectivity index (χ3n) is 3.86. The van der Waals surface area contributed by atoms with Crippen LogP contribution >= 0.6 is 11.8 Å². The highest BCUT2D eigenvalue weighted by Crippen LogP contribution is 2.32. The van der Waals surface area contributed by atoms with Crippen molar-refractivity contribution in [3.05, 3.63) is 53.6 Å². The molecular formula is C20H20N2O5S. The van der Waals surface area contributed by atoms with Gasteiger partial charge in [-0.3, -0.25) is 9.59 Å². The predicted octanol–water partition coefficient (Wildman–Crippen LogP) is 2.39. The summed E-state index contributed by atoms with van der Waals surface area (Å²) in [5.41, 5.74) is 1.94. The van der Waals surface area contributed by atoms with Crippen molar-refractivity contribution in [1.82, 2.24) is 5.32 Å².